The lowest BCUT2D eigenvalue weighted by molar-refractivity contribution is -0.150. The first-order valence-electron chi connectivity index (χ1n) is 26.7. The molecule has 1 amide bonds. The molecule has 0 aliphatic rings. The summed E-state index contributed by atoms with van der Waals surface area (Å²) in [6, 6.07) is 0. The highest BCUT2D eigenvalue weighted by Gasteiger charge is 2.17. The Bertz CT molecular complexity index is 987. The van der Waals surface area contributed by atoms with E-state index in [2.05, 4.69) is 31.0 Å². The molecule has 0 aromatic carbocycles. The number of carbonyl (C=O) groups excluding carboxylic acids is 3. The maximum Gasteiger partial charge on any atom is 0.407 e. The van der Waals surface area contributed by atoms with Crippen LogP contribution in [0.15, 0.2) is 0 Å². The number of nitrogens with one attached hydrogen (secondary N) is 1. The van der Waals surface area contributed by atoms with Crippen molar-refractivity contribution in [2.75, 3.05) is 32.8 Å². The van der Waals surface area contributed by atoms with E-state index in [-0.39, 0.29) is 18.0 Å². The Balaban J connectivity index is 4.63. The molecule has 0 aromatic rings. The van der Waals surface area contributed by atoms with Gasteiger partial charge >= 0.3 is 18.0 Å². The molecule has 0 rings (SSSR count). The SMILES string of the molecule is CCCCCCCCCCCOC(=O)CCCCCN(CCCCCCCC(=O)OC(CCCCCCCC)CCCCCCCC)CC(O)CCCCNC(=O)OC(C)(C)C. The van der Waals surface area contributed by atoms with Crippen molar-refractivity contribution in [2.45, 2.75) is 291 Å². The lowest BCUT2D eigenvalue weighted by atomic mass is 10.0. The largest absolute Gasteiger partial charge is 0.466 e. The molecule has 0 spiro atoms. The van der Waals surface area contributed by atoms with Crippen molar-refractivity contribution in [2.24, 2.45) is 0 Å². The van der Waals surface area contributed by atoms with Gasteiger partial charge in [-0.1, -0.05) is 162 Å². The molecule has 0 saturated heterocycles. The lowest BCUT2D eigenvalue weighted by Gasteiger charge is -2.25. The predicted molar refractivity (Wildman–Crippen MR) is 261 cm³/mol. The summed E-state index contributed by atoms with van der Waals surface area (Å²) in [6.45, 7) is 15.9. The van der Waals surface area contributed by atoms with E-state index >= 15 is 0 Å². The Labute approximate surface area is 384 Å². The van der Waals surface area contributed by atoms with Crippen LogP contribution in [0.5, 0.6) is 0 Å². The Morgan fingerprint density at radius 2 is 0.935 bits per heavy atom. The molecule has 62 heavy (non-hydrogen) atoms. The number of amides is 1. The zero-order valence-corrected chi connectivity index (χ0v) is 42.0. The third-order valence-corrected chi connectivity index (χ3v) is 11.9. The second-order valence-electron chi connectivity index (χ2n) is 19.5. The highest BCUT2D eigenvalue weighted by Crippen LogP contribution is 2.19. The molecule has 1 unspecified atom stereocenters. The molecular weight excluding hydrogens is 777 g/mol. The van der Waals surface area contributed by atoms with E-state index < -0.39 is 17.8 Å². The summed E-state index contributed by atoms with van der Waals surface area (Å²) in [4.78, 5) is 39.5. The number of alkyl carbamates (subject to hydrolysis) is 1. The minimum Gasteiger partial charge on any atom is -0.466 e. The summed E-state index contributed by atoms with van der Waals surface area (Å²) in [5, 5.41) is 13.8. The first-order chi connectivity index (χ1) is 30.0. The van der Waals surface area contributed by atoms with Crippen LogP contribution in [0.4, 0.5) is 4.79 Å². The van der Waals surface area contributed by atoms with E-state index in [0.29, 0.717) is 39.0 Å². The van der Waals surface area contributed by atoms with Crippen molar-refractivity contribution < 1.29 is 33.7 Å². The van der Waals surface area contributed by atoms with E-state index in [9.17, 15) is 19.5 Å². The Kier molecular flexibility index (Phi) is 43.0. The summed E-state index contributed by atoms with van der Waals surface area (Å²) in [5.74, 6) is -0.0905. The van der Waals surface area contributed by atoms with E-state index in [1.165, 1.54) is 109 Å². The number of carbonyl (C=O) groups is 3. The summed E-state index contributed by atoms with van der Waals surface area (Å²) < 4.78 is 16.9. The molecule has 0 heterocycles. The van der Waals surface area contributed by atoms with Gasteiger partial charge in [-0.15, -0.1) is 0 Å². The Hall–Kier alpha value is -1.87. The van der Waals surface area contributed by atoms with Gasteiger partial charge in [-0.3, -0.25) is 9.59 Å². The van der Waals surface area contributed by atoms with Gasteiger partial charge in [-0.25, -0.2) is 4.79 Å². The number of hydrogen-bond acceptors (Lipinski definition) is 8. The van der Waals surface area contributed by atoms with Crippen LogP contribution in [-0.2, 0) is 23.8 Å². The molecule has 0 radical (unpaired) electrons. The number of nitrogens with zero attached hydrogens (tertiary/aromatic N) is 1. The zero-order chi connectivity index (χ0) is 45.8. The lowest BCUT2D eigenvalue weighted by Crippen LogP contribution is -2.34. The number of rotatable bonds is 46. The van der Waals surface area contributed by atoms with Crippen LogP contribution < -0.4 is 5.32 Å². The van der Waals surface area contributed by atoms with Crippen molar-refractivity contribution in [1.29, 1.82) is 0 Å². The standard InChI is InChI=1S/C53H104N2O7/c1-7-10-13-16-19-20-21-27-37-46-60-50(57)41-32-28-36-45-55(47-48(56)38-33-34-43-54-52(59)62-53(4,5)6)44-35-26-22-25-31-42-51(58)61-49(39-29-23-17-14-11-8-2)40-30-24-18-15-12-9-3/h48-49,56H,7-47H2,1-6H3,(H,54,59). The van der Waals surface area contributed by atoms with Gasteiger partial charge in [0.1, 0.15) is 11.7 Å². The number of hydrogen-bond donors (Lipinski definition) is 2. The second-order valence-corrected chi connectivity index (χ2v) is 19.5. The van der Waals surface area contributed by atoms with Crippen LogP contribution in [-0.4, -0.2) is 78.6 Å². The Morgan fingerprint density at radius 3 is 1.45 bits per heavy atom. The van der Waals surface area contributed by atoms with Gasteiger partial charge in [0, 0.05) is 25.9 Å². The first-order valence-corrected chi connectivity index (χ1v) is 26.7. The van der Waals surface area contributed by atoms with Crippen LogP contribution in [0.2, 0.25) is 0 Å². The fourth-order valence-corrected chi connectivity index (χ4v) is 8.09. The molecule has 1 atom stereocenters. The molecule has 2 N–H and O–H groups in total. The monoisotopic (exact) mass is 881 g/mol. The minimum atomic E-state index is -0.517. The number of aliphatic hydroxyl groups excluding tert-OH is 1. The van der Waals surface area contributed by atoms with Crippen LogP contribution in [0.3, 0.4) is 0 Å². The van der Waals surface area contributed by atoms with E-state index in [1.54, 1.807) is 0 Å². The molecule has 9 nitrogen and oxygen atoms in total. The fourth-order valence-electron chi connectivity index (χ4n) is 8.09. The fraction of sp³-hybridized carbons (Fsp3) is 0.943. The summed E-state index contributed by atoms with van der Waals surface area (Å²) in [5.41, 5.74) is -0.517. The highest BCUT2D eigenvalue weighted by atomic mass is 16.6. The highest BCUT2D eigenvalue weighted by molar-refractivity contribution is 5.69. The second kappa shape index (κ2) is 44.3. The maximum atomic E-state index is 12.9. The smallest absolute Gasteiger partial charge is 0.407 e. The van der Waals surface area contributed by atoms with E-state index in [0.717, 1.165) is 116 Å². The number of esters is 2. The van der Waals surface area contributed by atoms with E-state index in [1.807, 2.05) is 20.8 Å². The topological polar surface area (TPSA) is 114 Å². The van der Waals surface area contributed by atoms with Crippen LogP contribution >= 0.6 is 0 Å². The zero-order valence-electron chi connectivity index (χ0n) is 42.0. The van der Waals surface area contributed by atoms with Crippen LogP contribution in [0.1, 0.15) is 273 Å². The quantitative estimate of drug-likeness (QED) is 0.0353. The van der Waals surface area contributed by atoms with Gasteiger partial charge in [-0.2, -0.15) is 0 Å². The Morgan fingerprint density at radius 1 is 0.516 bits per heavy atom. The predicted octanol–water partition coefficient (Wildman–Crippen LogP) is 14.7. The van der Waals surface area contributed by atoms with Gasteiger partial charge in [0.2, 0.25) is 0 Å². The van der Waals surface area contributed by atoms with Gasteiger partial charge < -0.3 is 29.5 Å². The third kappa shape index (κ3) is 44.7. The minimum absolute atomic E-state index is 0.0141. The number of unbranched alkanes of at least 4 members (excludes halogenated alkanes) is 25. The average Bonchev–Trinajstić information content (AvgIpc) is 3.22. The van der Waals surface area contributed by atoms with Crippen LogP contribution in [0, 0.1) is 0 Å². The molecule has 0 bridgehead atoms. The van der Waals surface area contributed by atoms with Gasteiger partial charge in [0.25, 0.3) is 0 Å². The van der Waals surface area contributed by atoms with Crippen molar-refractivity contribution in [3.05, 3.63) is 0 Å². The van der Waals surface area contributed by atoms with Crippen molar-refractivity contribution in [3.63, 3.8) is 0 Å². The molecule has 0 fully saturated rings. The molecule has 0 aliphatic heterocycles. The molecule has 9 heteroatoms. The van der Waals surface area contributed by atoms with Crippen LogP contribution in [0.25, 0.3) is 0 Å². The van der Waals surface area contributed by atoms with E-state index in [4.69, 9.17) is 14.2 Å². The average molecular weight is 881 g/mol. The molecular formula is C53H104N2O7. The summed E-state index contributed by atoms with van der Waals surface area (Å²) in [7, 11) is 0. The third-order valence-electron chi connectivity index (χ3n) is 11.9. The normalized spacial score (nSPS) is 12.3. The maximum absolute atomic E-state index is 12.9. The number of aliphatic hydroxyl groups is 1. The first kappa shape index (κ1) is 60.1. The van der Waals surface area contributed by atoms with Crippen molar-refractivity contribution in [3.8, 4) is 0 Å². The summed E-state index contributed by atoms with van der Waals surface area (Å²) in [6.07, 6.45) is 39.0. The molecule has 368 valence electrons. The molecule has 0 aliphatic carbocycles. The molecule has 0 aromatic heterocycles. The van der Waals surface area contributed by atoms with Gasteiger partial charge in [0.05, 0.1) is 12.7 Å². The van der Waals surface area contributed by atoms with Crippen molar-refractivity contribution >= 4 is 18.0 Å². The summed E-state index contributed by atoms with van der Waals surface area (Å²) >= 11 is 0. The van der Waals surface area contributed by atoms with Gasteiger partial charge in [0.15, 0.2) is 0 Å². The van der Waals surface area contributed by atoms with Gasteiger partial charge in [-0.05, 0) is 111 Å². The number of ether oxygens (including phenoxy) is 3. The molecule has 0 saturated carbocycles. The van der Waals surface area contributed by atoms with Crippen molar-refractivity contribution in [1.82, 2.24) is 10.2 Å².